The second-order valence-corrected chi connectivity index (χ2v) is 9.24. The molecule has 0 spiro atoms. The van der Waals surface area contributed by atoms with E-state index in [1.54, 1.807) is 0 Å². The van der Waals surface area contributed by atoms with E-state index in [1.165, 1.54) is 7.05 Å². The Balaban J connectivity index is 1.77. The molecule has 1 fully saturated rings. The summed E-state index contributed by atoms with van der Waals surface area (Å²) >= 11 is 0. The van der Waals surface area contributed by atoms with Gasteiger partial charge in [-0.15, -0.1) is 0 Å². The van der Waals surface area contributed by atoms with Crippen LogP contribution >= 0.6 is 0 Å². The van der Waals surface area contributed by atoms with Crippen LogP contribution in [0.2, 0.25) is 0 Å². The Morgan fingerprint density at radius 3 is 2.50 bits per heavy atom. The molecular formula is C13H21N3O4S2. The van der Waals surface area contributed by atoms with E-state index in [0.717, 1.165) is 9.99 Å². The van der Waals surface area contributed by atoms with Crippen molar-refractivity contribution in [1.82, 2.24) is 9.03 Å². The number of nitrogens with one attached hydrogen (secondary N) is 2. The van der Waals surface area contributed by atoms with Gasteiger partial charge in [0.25, 0.3) is 0 Å². The van der Waals surface area contributed by atoms with Crippen LogP contribution in [0.15, 0.2) is 30.3 Å². The van der Waals surface area contributed by atoms with Crippen molar-refractivity contribution in [3.63, 3.8) is 0 Å². The normalized spacial score (nSPS) is 21.8. The minimum atomic E-state index is -3.50. The fourth-order valence-corrected chi connectivity index (χ4v) is 5.32. The SMILES string of the molecule is CN1C(CS(=O)(=O)NCCNc2ccccc2)CCS1(=O)=O. The number of hydrogen-bond donors (Lipinski definition) is 2. The van der Waals surface area contributed by atoms with Crippen molar-refractivity contribution >= 4 is 25.7 Å². The summed E-state index contributed by atoms with van der Waals surface area (Å²) in [5, 5.41) is 3.10. The molecule has 1 atom stereocenters. The summed E-state index contributed by atoms with van der Waals surface area (Å²) in [6.07, 6.45) is 0.349. The molecule has 9 heteroatoms. The third-order valence-corrected chi connectivity index (χ3v) is 7.02. The maximum atomic E-state index is 12.0. The Kier molecular flexibility index (Phi) is 5.43. The molecule has 22 heavy (non-hydrogen) atoms. The highest BCUT2D eigenvalue weighted by Gasteiger charge is 2.36. The van der Waals surface area contributed by atoms with Gasteiger partial charge in [0, 0.05) is 31.9 Å². The van der Waals surface area contributed by atoms with E-state index in [0.29, 0.717) is 13.0 Å². The van der Waals surface area contributed by atoms with Gasteiger partial charge in [0.2, 0.25) is 20.0 Å². The molecule has 1 aliphatic rings. The Bertz CT molecular complexity index is 689. The molecule has 1 aromatic rings. The molecule has 0 radical (unpaired) electrons. The van der Waals surface area contributed by atoms with Gasteiger partial charge in [0.1, 0.15) is 0 Å². The molecule has 0 aromatic heterocycles. The van der Waals surface area contributed by atoms with Gasteiger partial charge in [0.15, 0.2) is 0 Å². The van der Waals surface area contributed by atoms with Crippen molar-refractivity contribution in [2.75, 3.05) is 37.0 Å². The smallest absolute Gasteiger partial charge is 0.214 e. The number of sulfonamides is 2. The van der Waals surface area contributed by atoms with Crippen LogP contribution < -0.4 is 10.0 Å². The van der Waals surface area contributed by atoms with Gasteiger partial charge in [-0.25, -0.2) is 25.9 Å². The third-order valence-electron chi connectivity index (χ3n) is 3.62. The number of nitrogens with zero attached hydrogens (tertiary/aromatic N) is 1. The lowest BCUT2D eigenvalue weighted by Gasteiger charge is -2.18. The Morgan fingerprint density at radius 1 is 1.23 bits per heavy atom. The van der Waals surface area contributed by atoms with E-state index in [2.05, 4.69) is 10.0 Å². The minimum Gasteiger partial charge on any atom is -0.384 e. The van der Waals surface area contributed by atoms with Gasteiger partial charge in [0.05, 0.1) is 11.5 Å². The van der Waals surface area contributed by atoms with Crippen LogP contribution in [0.1, 0.15) is 6.42 Å². The van der Waals surface area contributed by atoms with Crippen LogP contribution in [0, 0.1) is 0 Å². The molecule has 7 nitrogen and oxygen atoms in total. The largest absolute Gasteiger partial charge is 0.384 e. The van der Waals surface area contributed by atoms with E-state index in [1.807, 2.05) is 30.3 Å². The summed E-state index contributed by atoms with van der Waals surface area (Å²) < 4.78 is 50.8. The first-order chi connectivity index (χ1) is 10.3. The highest BCUT2D eigenvalue weighted by atomic mass is 32.2. The summed E-state index contributed by atoms with van der Waals surface area (Å²) in [6, 6.07) is 9.00. The maximum absolute atomic E-state index is 12.0. The monoisotopic (exact) mass is 347 g/mol. The Hall–Kier alpha value is -1.16. The van der Waals surface area contributed by atoms with E-state index >= 15 is 0 Å². The first-order valence-electron chi connectivity index (χ1n) is 7.02. The van der Waals surface area contributed by atoms with Crippen molar-refractivity contribution in [1.29, 1.82) is 0 Å². The van der Waals surface area contributed by atoms with Crippen LogP contribution in [0.3, 0.4) is 0 Å². The summed E-state index contributed by atoms with van der Waals surface area (Å²) in [4.78, 5) is 0. The number of hydrogen-bond acceptors (Lipinski definition) is 5. The highest BCUT2D eigenvalue weighted by molar-refractivity contribution is 7.90. The zero-order valence-electron chi connectivity index (χ0n) is 12.4. The van der Waals surface area contributed by atoms with E-state index < -0.39 is 26.1 Å². The number of para-hydroxylation sites is 1. The van der Waals surface area contributed by atoms with Crippen molar-refractivity contribution in [2.24, 2.45) is 0 Å². The molecule has 1 unspecified atom stereocenters. The summed E-state index contributed by atoms with van der Waals surface area (Å²) in [6.45, 7) is 0.711. The van der Waals surface area contributed by atoms with Gasteiger partial charge in [-0.2, -0.15) is 0 Å². The summed E-state index contributed by atoms with van der Waals surface area (Å²) in [5.74, 6) is -0.187. The Morgan fingerprint density at radius 2 is 1.91 bits per heavy atom. The number of anilines is 1. The average Bonchev–Trinajstić information content (AvgIpc) is 2.71. The van der Waals surface area contributed by atoms with Crippen molar-refractivity contribution in [2.45, 2.75) is 12.5 Å². The molecule has 1 aliphatic heterocycles. The second-order valence-electron chi connectivity index (χ2n) is 5.24. The molecule has 0 saturated carbocycles. The van der Waals surface area contributed by atoms with Crippen molar-refractivity contribution in [3.05, 3.63) is 30.3 Å². The van der Waals surface area contributed by atoms with Crippen LogP contribution in [0.25, 0.3) is 0 Å². The van der Waals surface area contributed by atoms with Crippen molar-refractivity contribution < 1.29 is 16.8 Å². The molecule has 0 aliphatic carbocycles. The fourth-order valence-electron chi connectivity index (χ4n) is 2.31. The van der Waals surface area contributed by atoms with Gasteiger partial charge in [-0.1, -0.05) is 18.2 Å². The lowest BCUT2D eigenvalue weighted by atomic mass is 10.3. The minimum absolute atomic E-state index is 0.0131. The first kappa shape index (κ1) is 17.2. The van der Waals surface area contributed by atoms with Crippen LogP contribution in [-0.2, 0) is 20.0 Å². The zero-order chi connectivity index (χ0) is 16.2. The number of rotatable bonds is 7. The molecule has 124 valence electrons. The second kappa shape index (κ2) is 6.95. The van der Waals surface area contributed by atoms with E-state index in [4.69, 9.17) is 0 Å². The average molecular weight is 347 g/mol. The van der Waals surface area contributed by atoms with Gasteiger partial charge in [-0.3, -0.25) is 0 Å². The topological polar surface area (TPSA) is 95.6 Å². The van der Waals surface area contributed by atoms with Gasteiger partial charge >= 0.3 is 0 Å². The highest BCUT2D eigenvalue weighted by Crippen LogP contribution is 2.19. The number of benzene rings is 1. The first-order valence-corrected chi connectivity index (χ1v) is 10.3. The van der Waals surface area contributed by atoms with E-state index in [-0.39, 0.29) is 18.1 Å². The van der Waals surface area contributed by atoms with E-state index in [9.17, 15) is 16.8 Å². The van der Waals surface area contributed by atoms with Crippen LogP contribution in [0.5, 0.6) is 0 Å². The predicted molar refractivity (Wildman–Crippen MR) is 86.7 cm³/mol. The standard InChI is InChI=1S/C13H21N3O4S2/c1-16-13(7-10-22(16,19)20)11-21(17,18)15-9-8-14-12-5-3-2-4-6-12/h2-6,13-15H,7-11H2,1H3. The maximum Gasteiger partial charge on any atom is 0.214 e. The third kappa shape index (κ3) is 4.67. The quantitative estimate of drug-likeness (QED) is 0.680. The molecule has 0 bridgehead atoms. The molecule has 0 amide bonds. The molecular weight excluding hydrogens is 326 g/mol. The predicted octanol–water partition coefficient (Wildman–Crippen LogP) is 0.0518. The zero-order valence-corrected chi connectivity index (χ0v) is 14.0. The van der Waals surface area contributed by atoms with Gasteiger partial charge in [-0.05, 0) is 18.6 Å². The fraction of sp³-hybridized carbons (Fsp3) is 0.538. The van der Waals surface area contributed by atoms with Crippen LogP contribution in [-0.4, -0.2) is 58.8 Å². The summed E-state index contributed by atoms with van der Waals surface area (Å²) in [5.41, 5.74) is 0.920. The molecule has 1 saturated heterocycles. The lowest BCUT2D eigenvalue weighted by Crippen LogP contribution is -2.40. The summed E-state index contributed by atoms with van der Waals surface area (Å²) in [7, 11) is -5.35. The van der Waals surface area contributed by atoms with Crippen molar-refractivity contribution in [3.8, 4) is 0 Å². The molecule has 2 rings (SSSR count). The molecule has 1 heterocycles. The lowest BCUT2D eigenvalue weighted by molar-refractivity contribution is 0.419. The van der Waals surface area contributed by atoms with Crippen LogP contribution in [0.4, 0.5) is 5.69 Å². The van der Waals surface area contributed by atoms with Gasteiger partial charge < -0.3 is 5.32 Å². The molecule has 1 aromatic carbocycles. The Labute approximate surface area is 131 Å². The molecule has 2 N–H and O–H groups in total.